The summed E-state index contributed by atoms with van der Waals surface area (Å²) in [5, 5.41) is 3.35. The molecule has 0 spiro atoms. The fraction of sp³-hybridized carbons (Fsp3) is 0.500. The number of benzene rings is 1. The lowest BCUT2D eigenvalue weighted by molar-refractivity contribution is -0.118. The van der Waals surface area contributed by atoms with Crippen LogP contribution in [0.2, 0.25) is 0 Å². The van der Waals surface area contributed by atoms with Crippen molar-refractivity contribution in [2.75, 3.05) is 13.2 Å². The lowest BCUT2D eigenvalue weighted by Crippen LogP contribution is -2.17. The second kappa shape index (κ2) is 7.71. The van der Waals surface area contributed by atoms with Gasteiger partial charge in [-0.25, -0.2) is 0 Å². The van der Waals surface area contributed by atoms with Crippen LogP contribution in [0.5, 0.6) is 5.75 Å². The van der Waals surface area contributed by atoms with E-state index in [9.17, 15) is 4.79 Å². The molecule has 0 atom stereocenters. The van der Waals surface area contributed by atoms with Crippen LogP contribution in [0.1, 0.15) is 30.9 Å². The highest BCUT2D eigenvalue weighted by Crippen LogP contribution is 2.23. The zero-order valence-electron chi connectivity index (χ0n) is 11.2. The fourth-order valence-electron chi connectivity index (χ4n) is 1.71. The summed E-state index contributed by atoms with van der Waals surface area (Å²) >= 11 is 0. The molecule has 0 aromatic heterocycles. The molecule has 1 rings (SSSR count). The topological polar surface area (TPSA) is 64.3 Å². The highest BCUT2D eigenvalue weighted by atomic mass is 16.5. The summed E-state index contributed by atoms with van der Waals surface area (Å²) in [6.45, 7) is 6.23. The number of rotatable bonds is 8. The van der Waals surface area contributed by atoms with E-state index in [1.54, 1.807) is 0 Å². The highest BCUT2D eigenvalue weighted by Gasteiger charge is 2.07. The predicted octanol–water partition coefficient (Wildman–Crippen LogP) is 1.75. The van der Waals surface area contributed by atoms with Gasteiger partial charge < -0.3 is 15.8 Å². The number of nitrogens with one attached hydrogen (secondary N) is 1. The molecule has 0 fully saturated rings. The van der Waals surface area contributed by atoms with Crippen molar-refractivity contribution >= 4 is 5.91 Å². The van der Waals surface area contributed by atoms with Crippen LogP contribution in [0.25, 0.3) is 0 Å². The standard InChI is InChI=1S/C14H22N2O2/c1-3-8-16-10-12-6-4-5-11(2)14(12)18-9-7-13(15)17/h4-6,16H,3,7-10H2,1-2H3,(H2,15,17). The molecule has 0 unspecified atom stereocenters. The van der Waals surface area contributed by atoms with Crippen molar-refractivity contribution < 1.29 is 9.53 Å². The minimum absolute atomic E-state index is 0.246. The summed E-state index contributed by atoms with van der Waals surface area (Å²) in [6, 6.07) is 6.05. The van der Waals surface area contributed by atoms with Crippen LogP contribution in [0.4, 0.5) is 0 Å². The number of primary amides is 1. The Labute approximate surface area is 109 Å². The molecule has 0 saturated heterocycles. The zero-order chi connectivity index (χ0) is 13.4. The second-order valence-corrected chi connectivity index (χ2v) is 4.30. The maximum Gasteiger partial charge on any atom is 0.220 e. The predicted molar refractivity (Wildman–Crippen MR) is 72.5 cm³/mol. The Hall–Kier alpha value is -1.55. The number of nitrogens with two attached hydrogens (primary N) is 1. The maximum atomic E-state index is 10.7. The van der Waals surface area contributed by atoms with Gasteiger partial charge >= 0.3 is 0 Å². The summed E-state index contributed by atoms with van der Waals surface area (Å²) in [5.74, 6) is 0.525. The molecule has 3 N–H and O–H groups in total. The summed E-state index contributed by atoms with van der Waals surface area (Å²) < 4.78 is 5.67. The van der Waals surface area contributed by atoms with Crippen LogP contribution in [-0.2, 0) is 11.3 Å². The Morgan fingerprint density at radius 3 is 2.89 bits per heavy atom. The first-order valence-corrected chi connectivity index (χ1v) is 6.35. The van der Waals surface area contributed by atoms with E-state index in [-0.39, 0.29) is 12.3 Å². The molecular formula is C14H22N2O2. The van der Waals surface area contributed by atoms with Crippen LogP contribution in [0, 0.1) is 6.92 Å². The SMILES string of the molecule is CCCNCc1cccc(C)c1OCCC(N)=O. The molecule has 18 heavy (non-hydrogen) atoms. The van der Waals surface area contributed by atoms with E-state index in [2.05, 4.69) is 12.2 Å². The minimum Gasteiger partial charge on any atom is -0.492 e. The van der Waals surface area contributed by atoms with Crippen molar-refractivity contribution in [1.29, 1.82) is 0 Å². The molecule has 0 saturated carbocycles. The molecule has 0 bridgehead atoms. The third kappa shape index (κ3) is 4.75. The molecule has 100 valence electrons. The van der Waals surface area contributed by atoms with Crippen molar-refractivity contribution in [3.05, 3.63) is 29.3 Å². The summed E-state index contributed by atoms with van der Waals surface area (Å²) in [5.41, 5.74) is 7.30. The van der Waals surface area contributed by atoms with Crippen molar-refractivity contribution in [3.63, 3.8) is 0 Å². The summed E-state index contributed by atoms with van der Waals surface area (Å²) in [4.78, 5) is 10.7. The van der Waals surface area contributed by atoms with Crippen molar-refractivity contribution in [1.82, 2.24) is 5.32 Å². The van der Waals surface area contributed by atoms with Gasteiger partial charge in [0.25, 0.3) is 0 Å². The molecule has 0 heterocycles. The number of carbonyl (C=O) groups is 1. The average molecular weight is 250 g/mol. The van der Waals surface area contributed by atoms with Crippen LogP contribution in [-0.4, -0.2) is 19.1 Å². The Morgan fingerprint density at radius 1 is 1.44 bits per heavy atom. The average Bonchev–Trinajstić information content (AvgIpc) is 2.32. The van der Waals surface area contributed by atoms with Gasteiger partial charge in [0.15, 0.2) is 0 Å². The largest absolute Gasteiger partial charge is 0.492 e. The number of aryl methyl sites for hydroxylation is 1. The number of hydrogen-bond acceptors (Lipinski definition) is 3. The fourth-order valence-corrected chi connectivity index (χ4v) is 1.71. The van der Waals surface area contributed by atoms with Crippen molar-refractivity contribution in [2.24, 2.45) is 5.73 Å². The molecule has 1 aromatic carbocycles. The Bertz CT molecular complexity index is 391. The lowest BCUT2D eigenvalue weighted by Gasteiger charge is -2.14. The van der Waals surface area contributed by atoms with Gasteiger partial charge in [0.05, 0.1) is 13.0 Å². The number of amides is 1. The summed E-state index contributed by atoms with van der Waals surface area (Å²) in [7, 11) is 0. The van der Waals surface area contributed by atoms with E-state index in [1.807, 2.05) is 25.1 Å². The third-order valence-electron chi connectivity index (χ3n) is 2.63. The van der Waals surface area contributed by atoms with E-state index in [1.165, 1.54) is 0 Å². The van der Waals surface area contributed by atoms with Gasteiger partial charge in [0.1, 0.15) is 5.75 Å². The van der Waals surface area contributed by atoms with Gasteiger partial charge in [-0.1, -0.05) is 25.1 Å². The first kappa shape index (κ1) is 14.5. The first-order valence-electron chi connectivity index (χ1n) is 6.35. The first-order chi connectivity index (χ1) is 8.65. The Balaban J connectivity index is 2.64. The van der Waals surface area contributed by atoms with E-state index >= 15 is 0 Å². The van der Waals surface area contributed by atoms with Crippen molar-refractivity contribution in [2.45, 2.75) is 33.2 Å². The molecule has 4 nitrogen and oxygen atoms in total. The van der Waals surface area contributed by atoms with Gasteiger partial charge in [-0.05, 0) is 25.5 Å². The molecule has 1 amide bonds. The van der Waals surface area contributed by atoms with E-state index in [0.717, 1.165) is 36.4 Å². The highest BCUT2D eigenvalue weighted by molar-refractivity contribution is 5.73. The molecule has 0 radical (unpaired) electrons. The van der Waals surface area contributed by atoms with Crippen molar-refractivity contribution in [3.8, 4) is 5.75 Å². The van der Waals surface area contributed by atoms with Gasteiger partial charge in [-0.15, -0.1) is 0 Å². The minimum atomic E-state index is -0.339. The van der Waals surface area contributed by atoms with Crippen LogP contribution < -0.4 is 15.8 Å². The smallest absolute Gasteiger partial charge is 0.220 e. The number of para-hydroxylation sites is 1. The van der Waals surface area contributed by atoms with E-state index in [4.69, 9.17) is 10.5 Å². The van der Waals surface area contributed by atoms with Gasteiger partial charge in [0.2, 0.25) is 5.91 Å². The van der Waals surface area contributed by atoms with Gasteiger partial charge in [-0.3, -0.25) is 4.79 Å². The number of ether oxygens (including phenoxy) is 1. The van der Waals surface area contributed by atoms with Crippen LogP contribution in [0.3, 0.4) is 0 Å². The van der Waals surface area contributed by atoms with Crippen LogP contribution in [0.15, 0.2) is 18.2 Å². The summed E-state index contributed by atoms with van der Waals surface area (Å²) in [6.07, 6.45) is 1.35. The van der Waals surface area contributed by atoms with E-state index in [0.29, 0.717) is 6.61 Å². The zero-order valence-corrected chi connectivity index (χ0v) is 11.2. The lowest BCUT2D eigenvalue weighted by atomic mass is 10.1. The Kier molecular flexibility index (Phi) is 6.22. The molecular weight excluding hydrogens is 228 g/mol. The number of hydrogen-bond donors (Lipinski definition) is 2. The molecule has 0 aliphatic heterocycles. The Morgan fingerprint density at radius 2 is 2.22 bits per heavy atom. The number of carbonyl (C=O) groups excluding carboxylic acids is 1. The maximum absolute atomic E-state index is 10.7. The molecule has 4 heteroatoms. The molecule has 0 aliphatic carbocycles. The second-order valence-electron chi connectivity index (χ2n) is 4.30. The van der Waals surface area contributed by atoms with E-state index < -0.39 is 0 Å². The third-order valence-corrected chi connectivity index (χ3v) is 2.63. The van der Waals surface area contributed by atoms with Gasteiger partial charge in [-0.2, -0.15) is 0 Å². The molecule has 1 aromatic rings. The normalized spacial score (nSPS) is 10.3. The van der Waals surface area contributed by atoms with Crippen LogP contribution >= 0.6 is 0 Å². The quantitative estimate of drug-likeness (QED) is 0.691. The monoisotopic (exact) mass is 250 g/mol. The molecule has 0 aliphatic rings. The van der Waals surface area contributed by atoms with Gasteiger partial charge in [0, 0.05) is 12.1 Å².